The van der Waals surface area contributed by atoms with Crippen molar-refractivity contribution in [3.8, 4) is 11.5 Å². The number of ether oxygens (including phenoxy) is 2. The molecule has 0 aliphatic carbocycles. The molecule has 0 radical (unpaired) electrons. The van der Waals surface area contributed by atoms with Gasteiger partial charge < -0.3 is 9.47 Å². The predicted octanol–water partition coefficient (Wildman–Crippen LogP) is 2.96. The second kappa shape index (κ2) is 6.66. The average Bonchev–Trinajstić information content (AvgIpc) is 3.22. The molecule has 0 bridgehead atoms. The Kier molecular flexibility index (Phi) is 4.31. The third-order valence-corrected chi connectivity index (χ3v) is 5.18. The van der Waals surface area contributed by atoms with Gasteiger partial charge in [-0.2, -0.15) is 5.11 Å². The summed E-state index contributed by atoms with van der Waals surface area (Å²) in [6.07, 6.45) is 0. The van der Waals surface area contributed by atoms with Gasteiger partial charge in [-0.05, 0) is 40.2 Å². The molecule has 0 saturated carbocycles. The lowest BCUT2D eigenvalue weighted by molar-refractivity contribution is -0.121. The number of methoxy groups -OCH3 is 2. The molecule has 1 saturated heterocycles. The molecule has 0 spiro atoms. The molecule has 2 atom stereocenters. The van der Waals surface area contributed by atoms with Crippen LogP contribution < -0.4 is 19.4 Å². The van der Waals surface area contributed by atoms with E-state index in [1.807, 2.05) is 18.2 Å². The zero-order valence-corrected chi connectivity index (χ0v) is 16.1. The summed E-state index contributed by atoms with van der Waals surface area (Å²) in [7, 11) is 2.99. The lowest BCUT2D eigenvalue weighted by atomic mass is 10.1. The first kappa shape index (κ1) is 17.5. The van der Waals surface area contributed by atoms with Gasteiger partial charge in [-0.15, -0.1) is 0 Å². The maximum atomic E-state index is 13.2. The van der Waals surface area contributed by atoms with E-state index in [4.69, 9.17) is 9.47 Å². The Morgan fingerprint density at radius 2 is 1.78 bits per heavy atom. The van der Waals surface area contributed by atoms with E-state index < -0.39 is 23.9 Å². The maximum absolute atomic E-state index is 13.2. The average molecular weight is 431 g/mol. The molecular weight excluding hydrogens is 416 g/mol. The van der Waals surface area contributed by atoms with Crippen LogP contribution >= 0.6 is 15.9 Å². The molecule has 0 aromatic heterocycles. The van der Waals surface area contributed by atoms with E-state index in [0.717, 1.165) is 9.37 Å². The van der Waals surface area contributed by atoms with Crippen molar-refractivity contribution >= 4 is 39.1 Å². The Bertz CT molecular complexity index is 964. The molecular formula is C18H15BrN4O4. The van der Waals surface area contributed by atoms with E-state index >= 15 is 0 Å². The van der Waals surface area contributed by atoms with E-state index in [-0.39, 0.29) is 0 Å². The fourth-order valence-electron chi connectivity index (χ4n) is 3.21. The largest absolute Gasteiger partial charge is 0.497 e. The van der Waals surface area contributed by atoms with Crippen LogP contribution in [0.15, 0.2) is 57.3 Å². The molecule has 4 rings (SSSR count). The van der Waals surface area contributed by atoms with Crippen LogP contribution in [0.25, 0.3) is 0 Å². The first-order valence-electron chi connectivity index (χ1n) is 8.11. The van der Waals surface area contributed by atoms with Crippen LogP contribution in [0.2, 0.25) is 0 Å². The van der Waals surface area contributed by atoms with E-state index in [0.29, 0.717) is 22.9 Å². The number of rotatable bonds is 4. The van der Waals surface area contributed by atoms with Crippen LogP contribution in [0.5, 0.6) is 11.5 Å². The summed E-state index contributed by atoms with van der Waals surface area (Å²) in [6.45, 7) is 0. The lowest BCUT2D eigenvalue weighted by Gasteiger charge is -2.22. The molecule has 8 nitrogen and oxygen atoms in total. The fourth-order valence-corrected chi connectivity index (χ4v) is 3.67. The van der Waals surface area contributed by atoms with Crippen LogP contribution in [-0.4, -0.2) is 38.1 Å². The lowest BCUT2D eigenvalue weighted by Crippen LogP contribution is -2.40. The van der Waals surface area contributed by atoms with Gasteiger partial charge in [0.05, 0.1) is 25.6 Å². The van der Waals surface area contributed by atoms with Gasteiger partial charge in [0.25, 0.3) is 11.8 Å². The van der Waals surface area contributed by atoms with Crippen molar-refractivity contribution in [2.24, 2.45) is 10.3 Å². The van der Waals surface area contributed by atoms with Gasteiger partial charge in [-0.1, -0.05) is 17.4 Å². The van der Waals surface area contributed by atoms with Crippen molar-refractivity contribution in [3.05, 3.63) is 46.9 Å². The van der Waals surface area contributed by atoms with Crippen molar-refractivity contribution in [1.82, 2.24) is 0 Å². The van der Waals surface area contributed by atoms with Gasteiger partial charge in [0.15, 0.2) is 12.1 Å². The number of halogens is 1. The smallest absolute Gasteiger partial charge is 0.263 e. The Morgan fingerprint density at radius 1 is 1.00 bits per heavy atom. The van der Waals surface area contributed by atoms with E-state index in [1.165, 1.54) is 19.2 Å². The standard InChI is InChI=1S/C18H15BrN4O4/c1-26-10-7-8-14(27-2)13(9-10)22-17(24)15-16(18(22)25)23(21-20-15)12-6-4-3-5-11(12)19/h3-9,15-16H,1-2H3. The van der Waals surface area contributed by atoms with Crippen LogP contribution in [0.3, 0.4) is 0 Å². The highest BCUT2D eigenvalue weighted by molar-refractivity contribution is 9.10. The summed E-state index contributed by atoms with van der Waals surface area (Å²) < 4.78 is 11.3. The Morgan fingerprint density at radius 3 is 2.48 bits per heavy atom. The van der Waals surface area contributed by atoms with Gasteiger partial charge in [-0.3, -0.25) is 9.59 Å². The number of anilines is 2. The highest BCUT2D eigenvalue weighted by Crippen LogP contribution is 2.41. The number of hydrogen-bond donors (Lipinski definition) is 0. The number of imide groups is 1. The van der Waals surface area contributed by atoms with Crippen molar-refractivity contribution < 1.29 is 19.1 Å². The first-order chi connectivity index (χ1) is 13.1. The van der Waals surface area contributed by atoms with Crippen molar-refractivity contribution in [2.75, 3.05) is 24.1 Å². The monoisotopic (exact) mass is 430 g/mol. The zero-order chi connectivity index (χ0) is 19.1. The number of fused-ring (bicyclic) bond motifs is 1. The summed E-state index contributed by atoms with van der Waals surface area (Å²) in [5.41, 5.74) is 0.984. The molecule has 138 valence electrons. The van der Waals surface area contributed by atoms with Crippen molar-refractivity contribution in [3.63, 3.8) is 0 Å². The Balaban J connectivity index is 1.76. The minimum Gasteiger partial charge on any atom is -0.497 e. The van der Waals surface area contributed by atoms with E-state index in [2.05, 4.69) is 26.3 Å². The summed E-state index contributed by atoms with van der Waals surface area (Å²) in [6, 6.07) is 10.5. The molecule has 2 aliphatic heterocycles. The summed E-state index contributed by atoms with van der Waals surface area (Å²) in [4.78, 5) is 27.2. The van der Waals surface area contributed by atoms with Crippen LogP contribution in [-0.2, 0) is 9.59 Å². The maximum Gasteiger partial charge on any atom is 0.263 e. The van der Waals surface area contributed by atoms with Crippen LogP contribution in [0, 0.1) is 0 Å². The molecule has 1 fully saturated rings. The van der Waals surface area contributed by atoms with Crippen molar-refractivity contribution in [2.45, 2.75) is 12.1 Å². The molecule has 2 amide bonds. The molecule has 2 heterocycles. The minimum atomic E-state index is -0.902. The molecule has 9 heteroatoms. The van der Waals surface area contributed by atoms with Gasteiger partial charge in [0.1, 0.15) is 11.5 Å². The molecule has 2 unspecified atom stereocenters. The Labute approximate surface area is 163 Å². The fraction of sp³-hybridized carbons (Fsp3) is 0.222. The number of carbonyl (C=O) groups is 2. The predicted molar refractivity (Wildman–Crippen MR) is 101 cm³/mol. The first-order valence-corrected chi connectivity index (χ1v) is 8.90. The highest BCUT2D eigenvalue weighted by Gasteiger charge is 2.56. The minimum absolute atomic E-state index is 0.323. The number of carbonyl (C=O) groups excluding carboxylic acids is 2. The number of amides is 2. The van der Waals surface area contributed by atoms with E-state index in [1.54, 1.807) is 24.3 Å². The highest BCUT2D eigenvalue weighted by atomic mass is 79.9. The summed E-state index contributed by atoms with van der Waals surface area (Å²) >= 11 is 3.45. The van der Waals surface area contributed by atoms with Gasteiger partial charge in [-0.25, -0.2) is 9.91 Å². The van der Waals surface area contributed by atoms with Gasteiger partial charge >= 0.3 is 0 Å². The topological polar surface area (TPSA) is 83.8 Å². The van der Waals surface area contributed by atoms with Crippen LogP contribution in [0.4, 0.5) is 11.4 Å². The summed E-state index contributed by atoms with van der Waals surface area (Å²) in [5, 5.41) is 9.58. The van der Waals surface area contributed by atoms with Crippen LogP contribution in [0.1, 0.15) is 0 Å². The molecule has 27 heavy (non-hydrogen) atoms. The zero-order valence-electron chi connectivity index (χ0n) is 14.5. The number of hydrogen-bond acceptors (Lipinski definition) is 7. The molecule has 0 N–H and O–H groups in total. The van der Waals surface area contributed by atoms with Gasteiger partial charge in [0.2, 0.25) is 0 Å². The third kappa shape index (κ3) is 2.66. The third-order valence-electron chi connectivity index (χ3n) is 4.51. The second-order valence-electron chi connectivity index (χ2n) is 5.94. The Hall–Kier alpha value is -2.94. The number of benzene rings is 2. The molecule has 2 aromatic rings. The van der Waals surface area contributed by atoms with E-state index in [9.17, 15) is 9.59 Å². The second-order valence-corrected chi connectivity index (χ2v) is 6.79. The summed E-state index contributed by atoms with van der Waals surface area (Å²) in [5.74, 6) is 0.0294. The van der Waals surface area contributed by atoms with Gasteiger partial charge in [0, 0.05) is 10.5 Å². The molecule has 2 aliphatic rings. The van der Waals surface area contributed by atoms with Crippen molar-refractivity contribution in [1.29, 1.82) is 0 Å². The molecule has 2 aromatic carbocycles. The number of para-hydroxylation sites is 1. The SMILES string of the molecule is COc1ccc(OC)c(N2C(=O)C3N=NN(c4ccccc4Br)C3C2=O)c1. The quantitative estimate of drug-likeness (QED) is 0.696. The normalized spacial score (nSPS) is 21.0. The number of nitrogens with zero attached hydrogens (tertiary/aromatic N) is 4.